The highest BCUT2D eigenvalue weighted by atomic mass is 32.1. The molecule has 0 radical (unpaired) electrons. The summed E-state index contributed by atoms with van der Waals surface area (Å²) >= 11 is 1.91. The summed E-state index contributed by atoms with van der Waals surface area (Å²) in [6, 6.07) is 21.0. The molecule has 5 nitrogen and oxygen atoms in total. The highest BCUT2D eigenvalue weighted by molar-refractivity contribution is 7.10. The zero-order valence-electron chi connectivity index (χ0n) is 22.2. The summed E-state index contributed by atoms with van der Waals surface area (Å²) < 4.78 is 0. The van der Waals surface area contributed by atoms with Crippen LogP contribution in [0.15, 0.2) is 88.8 Å². The number of imidazole rings is 1. The zero-order chi connectivity index (χ0) is 26.0. The van der Waals surface area contributed by atoms with Gasteiger partial charge in [0.1, 0.15) is 5.82 Å². The van der Waals surface area contributed by atoms with E-state index in [0.717, 1.165) is 49.3 Å². The number of benzene rings is 2. The lowest BCUT2D eigenvalue weighted by atomic mass is 9.89. The van der Waals surface area contributed by atoms with E-state index in [2.05, 4.69) is 98.4 Å². The van der Waals surface area contributed by atoms with Crippen molar-refractivity contribution in [2.75, 3.05) is 0 Å². The maximum Gasteiger partial charge on any atom is 0.121 e. The molecule has 0 saturated heterocycles. The van der Waals surface area contributed by atoms with E-state index in [4.69, 9.17) is 4.98 Å². The molecule has 2 aromatic heterocycles. The molecule has 7 rings (SSSR count). The third-order valence-electron chi connectivity index (χ3n) is 8.42. The minimum atomic E-state index is 0.320. The Bertz CT molecular complexity index is 1490. The molecule has 3 aliphatic rings. The van der Waals surface area contributed by atoms with E-state index in [-0.39, 0.29) is 0 Å². The van der Waals surface area contributed by atoms with Gasteiger partial charge in [0.05, 0.1) is 23.6 Å². The number of nitrogens with zero attached hydrogens (tertiary/aromatic N) is 3. The van der Waals surface area contributed by atoms with Crippen LogP contribution < -0.4 is 5.32 Å². The van der Waals surface area contributed by atoms with Crippen molar-refractivity contribution >= 4 is 28.6 Å². The van der Waals surface area contributed by atoms with Gasteiger partial charge >= 0.3 is 0 Å². The number of aromatic amines is 1. The predicted octanol–water partition coefficient (Wildman–Crippen LogP) is 6.89. The van der Waals surface area contributed by atoms with Gasteiger partial charge in [0, 0.05) is 36.3 Å². The summed E-state index contributed by atoms with van der Waals surface area (Å²) in [5, 5.41) is 6.07. The van der Waals surface area contributed by atoms with E-state index in [1.165, 1.54) is 41.5 Å². The summed E-state index contributed by atoms with van der Waals surface area (Å²) in [4.78, 5) is 17.3. The number of hydrogen-bond donors (Lipinski definition) is 2. The molecule has 4 aromatic rings. The highest BCUT2D eigenvalue weighted by Gasteiger charge is 2.27. The monoisotopic (exact) mass is 533 g/mol. The maximum absolute atomic E-state index is 4.90. The van der Waals surface area contributed by atoms with Gasteiger partial charge in [-0.2, -0.15) is 0 Å². The van der Waals surface area contributed by atoms with Crippen molar-refractivity contribution in [2.24, 2.45) is 4.99 Å². The Balaban J connectivity index is 1.07. The summed E-state index contributed by atoms with van der Waals surface area (Å²) in [6.07, 6.45) is 14.6. The number of dihydropyridines is 1. The summed E-state index contributed by atoms with van der Waals surface area (Å²) in [5.41, 5.74) is 7.68. The molecule has 6 heteroatoms. The third kappa shape index (κ3) is 5.42. The Morgan fingerprint density at radius 1 is 0.974 bits per heavy atom. The number of allylic oxidation sites excluding steroid dienone is 1. The fourth-order valence-corrected chi connectivity index (χ4v) is 7.32. The van der Waals surface area contributed by atoms with Crippen LogP contribution >= 0.6 is 11.3 Å². The number of fused-ring (bicyclic) bond motifs is 3. The second-order valence-electron chi connectivity index (χ2n) is 11.0. The lowest BCUT2D eigenvalue weighted by molar-refractivity contribution is 0.188. The fourth-order valence-electron chi connectivity index (χ4n) is 6.33. The molecule has 0 spiro atoms. The molecule has 2 aromatic carbocycles. The number of hydrogen-bond acceptors (Lipinski definition) is 5. The molecular weight excluding hydrogens is 498 g/mol. The Kier molecular flexibility index (Phi) is 7.00. The van der Waals surface area contributed by atoms with Gasteiger partial charge in [0.25, 0.3) is 0 Å². The van der Waals surface area contributed by atoms with Crippen LogP contribution in [0.3, 0.4) is 0 Å². The van der Waals surface area contributed by atoms with Crippen molar-refractivity contribution in [3.63, 3.8) is 0 Å². The van der Waals surface area contributed by atoms with Gasteiger partial charge in [-0.1, -0.05) is 48.6 Å². The van der Waals surface area contributed by atoms with Gasteiger partial charge < -0.3 is 10.3 Å². The van der Waals surface area contributed by atoms with Gasteiger partial charge in [-0.15, -0.1) is 11.3 Å². The topological polar surface area (TPSA) is 56.3 Å². The summed E-state index contributed by atoms with van der Waals surface area (Å²) in [7, 11) is 0. The number of rotatable bonds is 8. The molecule has 39 heavy (non-hydrogen) atoms. The molecular formula is C33H35N5S. The van der Waals surface area contributed by atoms with Crippen molar-refractivity contribution in [2.45, 2.75) is 69.9 Å². The number of thiophene rings is 1. The lowest BCUT2D eigenvalue weighted by Crippen LogP contribution is -2.37. The molecule has 3 heterocycles. The number of aliphatic imine (C=N–C) groups is 1. The van der Waals surface area contributed by atoms with Crippen molar-refractivity contribution in [1.29, 1.82) is 0 Å². The zero-order valence-corrected chi connectivity index (χ0v) is 23.0. The van der Waals surface area contributed by atoms with E-state index in [9.17, 15) is 0 Å². The number of nitrogens with one attached hydrogen (secondary N) is 2. The average molecular weight is 534 g/mol. The summed E-state index contributed by atoms with van der Waals surface area (Å²) in [5.74, 6) is 1.02. The first-order valence-electron chi connectivity index (χ1n) is 14.3. The standard InChI is InChI=1S/C33H35N5S/c1-2-7-31-30(6-1)36-33(37-31)22-38(26-14-15-28-25(19-26)5-4-17-34-28)21-24-12-10-23(11-13-24)20-35-29-8-3-9-32-27(29)16-18-39-32/h1-2,4-7,10-13,16-19,26,28-29,35H,3,8-9,14-15,20-22H2,(H,36,37). The molecule has 0 amide bonds. The maximum atomic E-state index is 4.90. The van der Waals surface area contributed by atoms with Crippen LogP contribution in [0.2, 0.25) is 0 Å². The number of para-hydroxylation sites is 2. The van der Waals surface area contributed by atoms with Crippen LogP contribution in [0.25, 0.3) is 11.0 Å². The van der Waals surface area contributed by atoms with E-state index >= 15 is 0 Å². The number of H-pyrrole nitrogens is 1. The molecule has 2 aliphatic carbocycles. The smallest absolute Gasteiger partial charge is 0.121 e. The largest absolute Gasteiger partial charge is 0.341 e. The van der Waals surface area contributed by atoms with Crippen LogP contribution in [0.5, 0.6) is 0 Å². The van der Waals surface area contributed by atoms with Crippen molar-refractivity contribution < 1.29 is 0 Å². The van der Waals surface area contributed by atoms with E-state index in [0.29, 0.717) is 18.1 Å². The number of aryl methyl sites for hydroxylation is 1. The summed E-state index contributed by atoms with van der Waals surface area (Å²) in [6.45, 7) is 2.58. The van der Waals surface area contributed by atoms with Gasteiger partial charge in [-0.3, -0.25) is 9.89 Å². The van der Waals surface area contributed by atoms with Gasteiger partial charge in [0.2, 0.25) is 0 Å². The van der Waals surface area contributed by atoms with Crippen LogP contribution in [0.1, 0.15) is 59.1 Å². The number of aromatic nitrogens is 2. The SMILES string of the molecule is C1=CC2=CC(N(Cc3ccc(CNC4CCCc5sccc54)cc3)Cc3nc4ccccc4[nH]3)CCC2N=C1. The quantitative estimate of drug-likeness (QED) is 0.259. The van der Waals surface area contributed by atoms with Crippen LogP contribution in [0, 0.1) is 0 Å². The lowest BCUT2D eigenvalue weighted by Gasteiger charge is -2.34. The molecule has 3 unspecified atom stereocenters. The first kappa shape index (κ1) is 24.7. The van der Waals surface area contributed by atoms with Gasteiger partial charge in [0.15, 0.2) is 0 Å². The molecule has 0 bridgehead atoms. The molecule has 2 N–H and O–H groups in total. The second kappa shape index (κ2) is 11.0. The average Bonchev–Trinajstić information content (AvgIpc) is 3.63. The van der Waals surface area contributed by atoms with E-state index < -0.39 is 0 Å². The fraction of sp³-hybridized carbons (Fsp3) is 0.333. The normalized spacial score (nSPS) is 22.2. The first-order valence-corrected chi connectivity index (χ1v) is 15.1. The highest BCUT2D eigenvalue weighted by Crippen LogP contribution is 2.33. The van der Waals surface area contributed by atoms with E-state index in [1.54, 1.807) is 4.88 Å². The van der Waals surface area contributed by atoms with Gasteiger partial charge in [-0.05, 0) is 84.0 Å². The Morgan fingerprint density at radius 2 is 1.87 bits per heavy atom. The molecule has 0 fully saturated rings. The minimum absolute atomic E-state index is 0.320. The van der Waals surface area contributed by atoms with Crippen molar-refractivity contribution in [3.05, 3.63) is 111 Å². The van der Waals surface area contributed by atoms with E-state index in [1.807, 2.05) is 17.6 Å². The Hall–Kier alpha value is -3.32. The molecule has 3 atom stereocenters. The molecule has 1 aliphatic heterocycles. The van der Waals surface area contributed by atoms with Gasteiger partial charge in [-0.25, -0.2) is 4.98 Å². The van der Waals surface area contributed by atoms with Crippen LogP contribution in [-0.4, -0.2) is 33.2 Å². The molecule has 0 saturated carbocycles. The Morgan fingerprint density at radius 3 is 2.79 bits per heavy atom. The van der Waals surface area contributed by atoms with Crippen molar-refractivity contribution in [3.8, 4) is 0 Å². The van der Waals surface area contributed by atoms with Crippen LogP contribution in [0.4, 0.5) is 0 Å². The third-order valence-corrected chi connectivity index (χ3v) is 9.42. The van der Waals surface area contributed by atoms with Crippen LogP contribution in [-0.2, 0) is 26.1 Å². The first-order chi connectivity index (χ1) is 19.3. The molecule has 198 valence electrons. The second-order valence-corrected chi connectivity index (χ2v) is 12.0. The predicted molar refractivity (Wildman–Crippen MR) is 161 cm³/mol. The minimum Gasteiger partial charge on any atom is -0.341 e. The van der Waals surface area contributed by atoms with Crippen molar-refractivity contribution in [1.82, 2.24) is 20.2 Å². The Labute approximate surface area is 234 Å².